The molecule has 5 nitrogen and oxygen atoms in total. The highest BCUT2D eigenvalue weighted by atomic mass is 32.2. The van der Waals surface area contributed by atoms with Gasteiger partial charge in [-0.25, -0.2) is 8.42 Å². The molecule has 0 unspecified atom stereocenters. The zero-order valence-corrected chi connectivity index (χ0v) is 22.0. The van der Waals surface area contributed by atoms with Gasteiger partial charge in [-0.15, -0.1) is 0 Å². The molecule has 0 saturated carbocycles. The molecule has 2 aromatic heterocycles. The molecule has 0 aliphatic rings. The fourth-order valence-corrected chi connectivity index (χ4v) is 5.48. The summed E-state index contributed by atoms with van der Waals surface area (Å²) in [7, 11) is -3.31. The topological polar surface area (TPSA) is 66.1 Å². The molecule has 0 aliphatic carbocycles. The Morgan fingerprint density at radius 1 is 0.914 bits per heavy atom. The van der Waals surface area contributed by atoms with Crippen molar-refractivity contribution in [2.75, 3.05) is 24.2 Å². The van der Waals surface area contributed by atoms with Crippen LogP contribution in [0.3, 0.4) is 0 Å². The zero-order chi connectivity index (χ0) is 25.0. The Balaban J connectivity index is 1.75. The average molecular weight is 490 g/mol. The van der Waals surface area contributed by atoms with Crippen LogP contribution in [0.4, 0.5) is 5.69 Å². The van der Waals surface area contributed by atoms with Crippen LogP contribution >= 0.6 is 0 Å². The van der Waals surface area contributed by atoms with Crippen LogP contribution in [0.15, 0.2) is 65.8 Å². The van der Waals surface area contributed by atoms with E-state index in [1.54, 1.807) is 6.07 Å². The van der Waals surface area contributed by atoms with Crippen LogP contribution in [0.1, 0.15) is 42.9 Å². The highest BCUT2D eigenvalue weighted by molar-refractivity contribution is 7.90. The Bertz CT molecular complexity index is 1390. The van der Waals surface area contributed by atoms with E-state index < -0.39 is 9.84 Å². The number of fused-ring (bicyclic) bond motifs is 1. The van der Waals surface area contributed by atoms with Gasteiger partial charge in [-0.05, 0) is 87.6 Å². The van der Waals surface area contributed by atoms with E-state index in [4.69, 9.17) is 0 Å². The van der Waals surface area contributed by atoms with Crippen molar-refractivity contribution in [2.24, 2.45) is 0 Å². The number of nitrogens with one attached hydrogen (secondary N) is 1. The van der Waals surface area contributed by atoms with Gasteiger partial charge in [0.05, 0.1) is 16.3 Å². The summed E-state index contributed by atoms with van der Waals surface area (Å²) in [6, 6.07) is 16.2. The summed E-state index contributed by atoms with van der Waals surface area (Å²) in [5.41, 5.74) is 7.97. The summed E-state index contributed by atoms with van der Waals surface area (Å²) < 4.78 is 24.7. The number of aromatic amines is 1. The Labute approximate surface area is 209 Å². The summed E-state index contributed by atoms with van der Waals surface area (Å²) in [6.45, 7) is 8.24. The van der Waals surface area contributed by atoms with Crippen molar-refractivity contribution in [1.29, 1.82) is 0 Å². The van der Waals surface area contributed by atoms with E-state index in [0.29, 0.717) is 4.90 Å². The second-order valence-electron chi connectivity index (χ2n) is 9.50. The lowest BCUT2D eigenvalue weighted by Gasteiger charge is -2.26. The lowest BCUT2D eigenvalue weighted by Crippen LogP contribution is -2.25. The van der Waals surface area contributed by atoms with Crippen molar-refractivity contribution >= 4 is 26.4 Å². The number of hydrogen-bond acceptors (Lipinski definition) is 4. The normalized spacial score (nSPS) is 11.8. The molecule has 0 atom stereocenters. The first-order chi connectivity index (χ1) is 16.8. The Morgan fingerprint density at radius 2 is 1.63 bits per heavy atom. The third-order valence-electron chi connectivity index (χ3n) is 6.38. The van der Waals surface area contributed by atoms with Gasteiger partial charge in [-0.2, -0.15) is 0 Å². The van der Waals surface area contributed by atoms with Crippen LogP contribution < -0.4 is 4.90 Å². The second kappa shape index (κ2) is 10.6. The monoisotopic (exact) mass is 489 g/mol. The molecule has 2 aromatic carbocycles. The number of benzene rings is 2. The summed E-state index contributed by atoms with van der Waals surface area (Å²) >= 11 is 0. The first-order valence-corrected chi connectivity index (χ1v) is 14.2. The van der Waals surface area contributed by atoms with Crippen LogP contribution in [0, 0.1) is 13.8 Å². The number of H-pyrrole nitrogens is 1. The third kappa shape index (κ3) is 5.93. The fraction of sp³-hybridized carbons (Fsp3) is 0.345. The number of aromatic nitrogens is 2. The number of rotatable bonds is 10. The minimum absolute atomic E-state index is 0.353. The maximum Gasteiger partial charge on any atom is 0.175 e. The largest absolute Gasteiger partial charge is 0.369 e. The number of hydrogen-bond donors (Lipinski definition) is 1. The molecule has 6 heteroatoms. The maximum atomic E-state index is 12.4. The van der Waals surface area contributed by atoms with Crippen molar-refractivity contribution in [3.63, 3.8) is 0 Å². The zero-order valence-electron chi connectivity index (χ0n) is 21.1. The Hall–Kier alpha value is -3.12. The van der Waals surface area contributed by atoms with Crippen LogP contribution in [0.2, 0.25) is 0 Å². The molecule has 184 valence electrons. The van der Waals surface area contributed by atoms with Gasteiger partial charge in [0, 0.05) is 48.2 Å². The predicted octanol–water partition coefficient (Wildman–Crippen LogP) is 6.49. The van der Waals surface area contributed by atoms with Gasteiger partial charge in [-0.3, -0.25) is 4.98 Å². The number of unbranched alkanes of at least 4 members (excludes halogenated alkanes) is 1. The highest BCUT2D eigenvalue weighted by Gasteiger charge is 2.21. The van der Waals surface area contributed by atoms with Crippen molar-refractivity contribution < 1.29 is 8.42 Å². The van der Waals surface area contributed by atoms with Crippen molar-refractivity contribution in [3.05, 3.63) is 77.6 Å². The fourth-order valence-electron chi connectivity index (χ4n) is 4.83. The molecule has 1 N–H and O–H groups in total. The number of anilines is 1. The number of pyridine rings is 1. The van der Waals surface area contributed by atoms with Crippen molar-refractivity contribution in [3.8, 4) is 11.3 Å². The molecule has 4 rings (SSSR count). The van der Waals surface area contributed by atoms with Gasteiger partial charge in [0.25, 0.3) is 0 Å². The van der Waals surface area contributed by atoms with Crippen LogP contribution in [-0.4, -0.2) is 37.7 Å². The van der Waals surface area contributed by atoms with Crippen LogP contribution in [0.5, 0.6) is 0 Å². The first kappa shape index (κ1) is 25.0. The van der Waals surface area contributed by atoms with Crippen LogP contribution in [-0.2, 0) is 16.3 Å². The summed E-state index contributed by atoms with van der Waals surface area (Å²) in [6.07, 6.45) is 9.13. The van der Waals surface area contributed by atoms with E-state index in [9.17, 15) is 8.42 Å². The van der Waals surface area contributed by atoms with E-state index in [0.717, 1.165) is 66.6 Å². The van der Waals surface area contributed by atoms with Gasteiger partial charge in [0.2, 0.25) is 0 Å². The summed E-state index contributed by atoms with van der Waals surface area (Å²) in [5.74, 6) is 0. The molecular weight excluding hydrogens is 454 g/mol. The molecule has 2 heterocycles. The summed E-state index contributed by atoms with van der Waals surface area (Å²) in [5, 5.41) is 0.963. The maximum absolute atomic E-state index is 12.4. The quantitative estimate of drug-likeness (QED) is 0.259. The molecule has 0 fully saturated rings. The SMILES string of the molecule is CCCN(CCCCc1ccncc1)c1c(-c2cc(C)cc(C)c2)[nH]c2ccc(S(C)(=O)=O)cc12. The molecule has 0 saturated heterocycles. The van der Waals surface area contributed by atoms with E-state index in [2.05, 4.69) is 66.0 Å². The van der Waals surface area contributed by atoms with Crippen molar-refractivity contribution in [2.45, 2.75) is 51.3 Å². The lowest BCUT2D eigenvalue weighted by atomic mass is 10.0. The molecular formula is C29H35N3O2S. The average Bonchev–Trinajstić information content (AvgIpc) is 3.19. The van der Waals surface area contributed by atoms with Gasteiger partial charge in [0.1, 0.15) is 0 Å². The van der Waals surface area contributed by atoms with Gasteiger partial charge in [0.15, 0.2) is 9.84 Å². The third-order valence-corrected chi connectivity index (χ3v) is 7.49. The highest BCUT2D eigenvalue weighted by Crippen LogP contribution is 2.39. The van der Waals surface area contributed by atoms with Gasteiger partial charge in [-0.1, -0.05) is 24.1 Å². The molecule has 4 aromatic rings. The van der Waals surface area contributed by atoms with E-state index >= 15 is 0 Å². The Morgan fingerprint density at radius 3 is 2.29 bits per heavy atom. The molecule has 0 radical (unpaired) electrons. The predicted molar refractivity (Wildman–Crippen MR) is 146 cm³/mol. The number of aryl methyl sites for hydroxylation is 3. The minimum Gasteiger partial charge on any atom is -0.369 e. The number of sulfone groups is 1. The van der Waals surface area contributed by atoms with Crippen LogP contribution in [0.25, 0.3) is 22.2 Å². The molecule has 0 aliphatic heterocycles. The standard InChI is InChI=1S/C29H35N3O2S/c1-5-15-32(16-7-6-8-23-11-13-30-14-12-23)29-26-20-25(35(4,33)34)9-10-27(26)31-28(29)24-18-21(2)17-22(3)19-24/h9-14,17-20,31H,5-8,15-16H2,1-4H3. The van der Waals surface area contributed by atoms with Gasteiger partial charge >= 0.3 is 0 Å². The second-order valence-corrected chi connectivity index (χ2v) is 11.5. The minimum atomic E-state index is -3.31. The Kier molecular flexibility index (Phi) is 7.60. The first-order valence-electron chi connectivity index (χ1n) is 12.3. The van der Waals surface area contributed by atoms with Crippen molar-refractivity contribution in [1.82, 2.24) is 9.97 Å². The van der Waals surface area contributed by atoms with E-state index in [1.807, 2.05) is 24.5 Å². The molecule has 0 spiro atoms. The molecule has 0 bridgehead atoms. The lowest BCUT2D eigenvalue weighted by molar-refractivity contribution is 0.602. The van der Waals surface area contributed by atoms with E-state index in [1.165, 1.54) is 22.9 Å². The van der Waals surface area contributed by atoms with Gasteiger partial charge < -0.3 is 9.88 Å². The summed E-state index contributed by atoms with van der Waals surface area (Å²) in [4.78, 5) is 10.5. The van der Waals surface area contributed by atoms with E-state index in [-0.39, 0.29) is 0 Å². The molecule has 35 heavy (non-hydrogen) atoms. The smallest absolute Gasteiger partial charge is 0.175 e. The number of nitrogens with zero attached hydrogens (tertiary/aromatic N) is 2. The molecule has 0 amide bonds.